The molecule has 5 unspecified atom stereocenters. The summed E-state index contributed by atoms with van der Waals surface area (Å²) in [6.45, 7) is 4.56. The molecule has 17 nitrogen and oxygen atoms in total. The summed E-state index contributed by atoms with van der Waals surface area (Å²) < 4.78 is 68.5. The Kier molecular flexibility index (Phi) is 71.4. The predicted molar refractivity (Wildman–Crippen MR) is 418 cm³/mol. The van der Waals surface area contributed by atoms with Gasteiger partial charge in [0.25, 0.3) is 0 Å². The van der Waals surface area contributed by atoms with E-state index < -0.39 is 97.5 Å². The lowest BCUT2D eigenvalue weighted by atomic mass is 10.0. The highest BCUT2D eigenvalue weighted by atomic mass is 31.2. The van der Waals surface area contributed by atoms with Crippen LogP contribution in [-0.4, -0.2) is 96.7 Å². The van der Waals surface area contributed by atoms with E-state index in [0.717, 1.165) is 141 Å². The predicted octanol–water partition coefficient (Wildman–Crippen LogP) is 23.1. The van der Waals surface area contributed by atoms with Gasteiger partial charge in [0, 0.05) is 25.7 Å². The summed E-state index contributed by atoms with van der Waals surface area (Å²) in [4.78, 5) is 73.0. The lowest BCUT2D eigenvalue weighted by Crippen LogP contribution is -2.30. The number of aliphatic hydroxyl groups is 1. The second-order valence-corrected chi connectivity index (χ2v) is 29.2. The molecule has 0 amide bonds. The fraction of sp³-hybridized carbons (Fsp3) is 0.711. The highest BCUT2D eigenvalue weighted by molar-refractivity contribution is 7.47. The molecule has 19 heteroatoms. The van der Waals surface area contributed by atoms with Crippen molar-refractivity contribution in [3.8, 4) is 0 Å². The van der Waals surface area contributed by atoms with E-state index in [1.54, 1.807) is 0 Å². The van der Waals surface area contributed by atoms with Crippen molar-refractivity contribution in [2.24, 2.45) is 0 Å². The molecule has 0 heterocycles. The molecule has 0 aromatic heterocycles. The number of hydrogen-bond acceptors (Lipinski definition) is 15. The van der Waals surface area contributed by atoms with E-state index in [1.807, 2.05) is 12.2 Å². The number of rotatable bonds is 74. The van der Waals surface area contributed by atoms with E-state index in [-0.39, 0.29) is 25.7 Å². The Morgan fingerprint density at radius 3 is 0.843 bits per heavy atom. The van der Waals surface area contributed by atoms with Gasteiger partial charge in [-0.25, -0.2) is 9.13 Å². The zero-order valence-corrected chi connectivity index (χ0v) is 65.8. The minimum absolute atomic E-state index is 0.0521. The Bertz CT molecular complexity index is 2410. The molecule has 0 fully saturated rings. The fourth-order valence-corrected chi connectivity index (χ4v) is 12.0. The number of ether oxygens (including phenoxy) is 4. The van der Waals surface area contributed by atoms with Gasteiger partial charge in [-0.05, 0) is 128 Å². The Morgan fingerprint density at radius 1 is 0.284 bits per heavy atom. The van der Waals surface area contributed by atoms with Crippen LogP contribution < -0.4 is 0 Å². The SMILES string of the molecule is CC/C=C\C/C=C\C/C=C\C/C=C\C/C=C\CCCC(=O)OCC(COP(=O)(O)OCC(O)COP(=O)(O)OCC(COC(=O)CCCCCCCCCCCCCCCCC)OC(=O)CCCCCCC/C=C\CCCCCC)OC(=O)CCCCCC/C=C\C/C=C\C/C=C\C/C=C\CC. The van der Waals surface area contributed by atoms with Crippen molar-refractivity contribution in [2.75, 3.05) is 39.6 Å². The number of aliphatic hydroxyl groups excluding tert-OH is 1. The first-order valence-corrected chi connectivity index (χ1v) is 42.8. The normalized spacial score (nSPS) is 14.5. The largest absolute Gasteiger partial charge is 0.472 e. The average Bonchev–Trinajstić information content (AvgIpc) is 0.959. The van der Waals surface area contributed by atoms with Crippen LogP contribution in [0.15, 0.2) is 122 Å². The van der Waals surface area contributed by atoms with Gasteiger partial charge < -0.3 is 33.8 Å². The third-order valence-corrected chi connectivity index (χ3v) is 18.3. The summed E-state index contributed by atoms with van der Waals surface area (Å²) in [5, 5.41) is 10.6. The van der Waals surface area contributed by atoms with Gasteiger partial charge in [0.15, 0.2) is 12.2 Å². The molecule has 0 bridgehead atoms. The molecule has 102 heavy (non-hydrogen) atoms. The second-order valence-electron chi connectivity index (χ2n) is 26.2. The number of allylic oxidation sites excluding steroid dienone is 20. The molecule has 0 aliphatic carbocycles. The number of carbonyl (C=O) groups is 4. The quantitative estimate of drug-likeness (QED) is 0.0169. The molecule has 0 spiro atoms. The van der Waals surface area contributed by atoms with E-state index >= 15 is 0 Å². The molecule has 0 aliphatic heterocycles. The topological polar surface area (TPSA) is 237 Å². The number of esters is 4. The zero-order valence-electron chi connectivity index (χ0n) is 64.0. The van der Waals surface area contributed by atoms with Crippen molar-refractivity contribution < 1.29 is 80.2 Å². The fourth-order valence-electron chi connectivity index (χ4n) is 10.4. The van der Waals surface area contributed by atoms with Crippen LogP contribution in [0.2, 0.25) is 0 Å². The van der Waals surface area contributed by atoms with Crippen molar-refractivity contribution in [3.63, 3.8) is 0 Å². The second kappa shape index (κ2) is 74.7. The summed E-state index contributed by atoms with van der Waals surface area (Å²) in [6, 6.07) is 0. The van der Waals surface area contributed by atoms with Gasteiger partial charge in [-0.1, -0.05) is 290 Å². The summed E-state index contributed by atoms with van der Waals surface area (Å²) in [6.07, 6.45) is 81.9. The molecule has 0 rings (SSSR count). The van der Waals surface area contributed by atoms with Crippen LogP contribution in [0.3, 0.4) is 0 Å². The van der Waals surface area contributed by atoms with E-state index in [1.165, 1.54) is 96.3 Å². The van der Waals surface area contributed by atoms with Gasteiger partial charge in [0.05, 0.1) is 26.4 Å². The van der Waals surface area contributed by atoms with Gasteiger partial charge >= 0.3 is 39.5 Å². The van der Waals surface area contributed by atoms with Gasteiger partial charge in [-0.2, -0.15) is 0 Å². The highest BCUT2D eigenvalue weighted by Crippen LogP contribution is 2.45. The monoisotopic (exact) mass is 1470 g/mol. The van der Waals surface area contributed by atoms with Crippen molar-refractivity contribution in [1.29, 1.82) is 0 Å². The van der Waals surface area contributed by atoms with Gasteiger partial charge in [0.2, 0.25) is 0 Å². The first kappa shape index (κ1) is 97.5. The van der Waals surface area contributed by atoms with Crippen LogP contribution in [-0.2, 0) is 65.4 Å². The zero-order chi connectivity index (χ0) is 74.6. The van der Waals surface area contributed by atoms with Gasteiger partial charge in [-0.3, -0.25) is 37.3 Å². The molecule has 0 aliphatic rings. The maximum absolute atomic E-state index is 13.1. The molecule has 586 valence electrons. The van der Waals surface area contributed by atoms with E-state index in [4.69, 9.17) is 37.0 Å². The molecule has 0 saturated heterocycles. The summed E-state index contributed by atoms with van der Waals surface area (Å²) in [5.74, 6) is -2.27. The minimum atomic E-state index is -5.00. The number of hydrogen-bond donors (Lipinski definition) is 3. The molecule has 0 aromatic carbocycles. The van der Waals surface area contributed by atoms with Crippen molar-refractivity contribution in [2.45, 2.75) is 341 Å². The maximum atomic E-state index is 13.1. The van der Waals surface area contributed by atoms with Crippen LogP contribution in [0, 0.1) is 0 Å². The molecule has 0 aromatic rings. The Morgan fingerprint density at radius 2 is 0.520 bits per heavy atom. The van der Waals surface area contributed by atoms with Crippen molar-refractivity contribution >= 4 is 39.5 Å². The molecular formula is C83H142O17P2. The summed E-state index contributed by atoms with van der Waals surface area (Å²) >= 11 is 0. The van der Waals surface area contributed by atoms with Crippen LogP contribution in [0.5, 0.6) is 0 Å². The Labute approximate surface area is 619 Å². The maximum Gasteiger partial charge on any atom is 0.472 e. The van der Waals surface area contributed by atoms with E-state index in [9.17, 15) is 43.2 Å². The Balaban J connectivity index is 5.43. The van der Waals surface area contributed by atoms with Crippen LogP contribution >= 0.6 is 15.6 Å². The molecule has 0 saturated carbocycles. The number of unbranched alkanes of at least 4 members (excludes halogenated alkanes) is 28. The lowest BCUT2D eigenvalue weighted by Gasteiger charge is -2.21. The molecule has 5 atom stereocenters. The molecule has 3 N–H and O–H groups in total. The van der Waals surface area contributed by atoms with E-state index in [0.29, 0.717) is 32.1 Å². The average molecular weight is 1470 g/mol. The summed E-state index contributed by atoms with van der Waals surface area (Å²) in [7, 11) is -9.98. The van der Waals surface area contributed by atoms with Crippen LogP contribution in [0.1, 0.15) is 323 Å². The third kappa shape index (κ3) is 73.8. The first-order chi connectivity index (χ1) is 49.7. The smallest absolute Gasteiger partial charge is 0.462 e. The third-order valence-electron chi connectivity index (χ3n) is 16.4. The van der Waals surface area contributed by atoms with Crippen LogP contribution in [0.4, 0.5) is 0 Å². The van der Waals surface area contributed by atoms with Crippen LogP contribution in [0.25, 0.3) is 0 Å². The van der Waals surface area contributed by atoms with Crippen molar-refractivity contribution in [3.05, 3.63) is 122 Å². The van der Waals surface area contributed by atoms with Crippen molar-refractivity contribution in [1.82, 2.24) is 0 Å². The Hall–Kier alpha value is -4.54. The lowest BCUT2D eigenvalue weighted by molar-refractivity contribution is -0.161. The number of phosphoric ester groups is 2. The number of phosphoric acid groups is 2. The highest BCUT2D eigenvalue weighted by Gasteiger charge is 2.30. The van der Waals surface area contributed by atoms with Gasteiger partial charge in [0.1, 0.15) is 19.3 Å². The molecular weight excluding hydrogens is 1330 g/mol. The summed E-state index contributed by atoms with van der Waals surface area (Å²) in [5.41, 5.74) is 0. The first-order valence-electron chi connectivity index (χ1n) is 39.8. The number of carbonyl (C=O) groups excluding carboxylic acids is 4. The molecule has 0 radical (unpaired) electrons. The van der Waals surface area contributed by atoms with Gasteiger partial charge in [-0.15, -0.1) is 0 Å². The minimum Gasteiger partial charge on any atom is -0.462 e. The standard InChI is InChI=1S/C83H142O17P2/c1-5-9-13-17-21-25-29-33-36-38-41-45-48-52-56-60-64-68-81(86)94-74-79(100-83(88)70-66-62-58-54-50-46-42-39-37-34-30-26-22-18-14-10-6-2)76-98-102(91,92)96-72-77(84)71-95-101(89,90)97-75-78(99-82(87)69-65-61-57-53-49-43-32-28-24-20-16-12-8-4)73-93-80(85)67-63-59-55-51-47-44-40-35-31-27-23-19-15-11-7-3/h9-10,13-14,21-22,25-26,28,32-34,36-37,41-42,45-46,52,56,77-79,84H,5-8,11-12,15-20,23-24,27,29-31,35,38-40,43-44,47-51,53-55,57-76H2,1-4H3,(H,89,90)(H,91,92)/b13-9-,14-10-,25-21-,26-22-,32-28-,36-33-,37-34-,45-41-,46-42-,56-52-. The van der Waals surface area contributed by atoms with E-state index in [2.05, 4.69) is 137 Å².